The molecule has 2 nitrogen and oxygen atoms in total. The molecule has 0 aliphatic rings. The minimum Gasteiger partial charge on any atom is -0.465 e. The Morgan fingerprint density at radius 3 is 3.00 bits per heavy atom. The summed E-state index contributed by atoms with van der Waals surface area (Å²) in [5, 5.41) is 1.86. The van der Waals surface area contributed by atoms with Crippen LogP contribution in [-0.4, -0.2) is 13.1 Å². The smallest absolute Gasteiger partial charge is 0.349 e. The largest absolute Gasteiger partial charge is 0.465 e. The summed E-state index contributed by atoms with van der Waals surface area (Å²) in [4.78, 5) is 12.0. The van der Waals surface area contributed by atoms with Crippen molar-refractivity contribution in [1.29, 1.82) is 0 Å². The van der Waals surface area contributed by atoms with E-state index in [1.165, 1.54) is 31.3 Å². The summed E-state index contributed by atoms with van der Waals surface area (Å²) in [5.74, 6) is 5.82. The van der Waals surface area contributed by atoms with Crippen LogP contribution in [0.25, 0.3) is 0 Å². The van der Waals surface area contributed by atoms with E-state index in [4.69, 9.17) is 0 Å². The number of rotatable bonds is 4. The predicted octanol–water partition coefficient (Wildman–Crippen LogP) is 3.47. The molecular weight excluding hydrogens is 220 g/mol. The molecule has 0 aliphatic heterocycles. The fraction of sp³-hybridized carbons (Fsp3) is 0.462. The standard InChI is InChI=1S/C13H16O2S/c1-3-4-5-6-7-8-11-9-10-16-12(11)13(14)15-2/h9-10H,3-6H2,1-2H3. The topological polar surface area (TPSA) is 26.3 Å². The minimum absolute atomic E-state index is 0.298. The lowest BCUT2D eigenvalue weighted by Gasteiger charge is -1.94. The number of carbonyl (C=O) groups excluding carboxylic acids is 1. The Labute approximate surface area is 101 Å². The third-order valence-electron chi connectivity index (χ3n) is 2.16. The molecule has 3 heteroatoms. The number of esters is 1. The monoisotopic (exact) mass is 236 g/mol. The SMILES string of the molecule is CCCCCC#Cc1ccsc1C(=O)OC. The van der Waals surface area contributed by atoms with Crippen LogP contribution >= 0.6 is 11.3 Å². The maximum atomic E-state index is 11.4. The molecule has 0 unspecified atom stereocenters. The molecule has 1 aromatic heterocycles. The zero-order chi connectivity index (χ0) is 11.8. The zero-order valence-electron chi connectivity index (χ0n) is 9.71. The molecule has 0 fully saturated rings. The highest BCUT2D eigenvalue weighted by Gasteiger charge is 2.11. The van der Waals surface area contributed by atoms with Gasteiger partial charge < -0.3 is 4.74 Å². The first-order valence-electron chi connectivity index (χ1n) is 5.44. The van der Waals surface area contributed by atoms with Crippen LogP contribution in [0.5, 0.6) is 0 Å². The molecule has 0 spiro atoms. The summed E-state index contributed by atoms with van der Waals surface area (Å²) in [7, 11) is 1.39. The van der Waals surface area contributed by atoms with Crippen molar-refractivity contribution in [2.24, 2.45) is 0 Å². The molecule has 1 aromatic rings. The first-order chi connectivity index (χ1) is 7.79. The number of hydrogen-bond donors (Lipinski definition) is 0. The summed E-state index contributed by atoms with van der Waals surface area (Å²) in [5.41, 5.74) is 0.786. The van der Waals surface area contributed by atoms with Gasteiger partial charge in [-0.25, -0.2) is 4.79 Å². The number of carbonyl (C=O) groups is 1. The molecule has 0 saturated heterocycles. The molecule has 0 amide bonds. The fourth-order valence-electron chi connectivity index (χ4n) is 1.28. The van der Waals surface area contributed by atoms with E-state index < -0.39 is 0 Å². The molecule has 0 bridgehead atoms. The number of unbranched alkanes of at least 4 members (excludes halogenated alkanes) is 3. The zero-order valence-corrected chi connectivity index (χ0v) is 10.5. The Balaban J connectivity index is 2.59. The maximum absolute atomic E-state index is 11.4. The Kier molecular flexibility index (Phi) is 5.66. The summed E-state index contributed by atoms with van der Waals surface area (Å²) in [6, 6.07) is 1.86. The van der Waals surface area contributed by atoms with Gasteiger partial charge in [0.15, 0.2) is 0 Å². The van der Waals surface area contributed by atoms with E-state index in [2.05, 4.69) is 23.5 Å². The van der Waals surface area contributed by atoms with Crippen molar-refractivity contribution in [2.45, 2.75) is 32.6 Å². The van der Waals surface area contributed by atoms with Gasteiger partial charge in [0.05, 0.1) is 7.11 Å². The first kappa shape index (κ1) is 12.8. The number of hydrogen-bond acceptors (Lipinski definition) is 3. The number of thiophene rings is 1. The van der Waals surface area contributed by atoms with Gasteiger partial charge in [-0.2, -0.15) is 0 Å². The van der Waals surface area contributed by atoms with Crippen LogP contribution < -0.4 is 0 Å². The van der Waals surface area contributed by atoms with Gasteiger partial charge in [0.2, 0.25) is 0 Å². The van der Waals surface area contributed by atoms with Crippen molar-refractivity contribution in [2.75, 3.05) is 7.11 Å². The van der Waals surface area contributed by atoms with Crippen molar-refractivity contribution in [3.63, 3.8) is 0 Å². The van der Waals surface area contributed by atoms with Gasteiger partial charge in [-0.05, 0) is 17.9 Å². The Hall–Kier alpha value is -1.27. The lowest BCUT2D eigenvalue weighted by atomic mass is 10.2. The van der Waals surface area contributed by atoms with Crippen molar-refractivity contribution >= 4 is 17.3 Å². The summed E-state index contributed by atoms with van der Waals surface area (Å²) >= 11 is 1.37. The molecule has 0 N–H and O–H groups in total. The summed E-state index contributed by atoms with van der Waals surface area (Å²) < 4.78 is 4.68. The van der Waals surface area contributed by atoms with Gasteiger partial charge >= 0.3 is 5.97 Å². The summed E-state index contributed by atoms with van der Waals surface area (Å²) in [6.07, 6.45) is 4.43. The van der Waals surface area contributed by atoms with Crippen LogP contribution in [0.2, 0.25) is 0 Å². The predicted molar refractivity (Wildman–Crippen MR) is 66.7 cm³/mol. The lowest BCUT2D eigenvalue weighted by Crippen LogP contribution is -1.99. The van der Waals surface area contributed by atoms with Crippen LogP contribution in [-0.2, 0) is 4.74 Å². The maximum Gasteiger partial charge on any atom is 0.349 e. The highest BCUT2D eigenvalue weighted by Crippen LogP contribution is 2.16. The third-order valence-corrected chi connectivity index (χ3v) is 3.06. The van der Waals surface area contributed by atoms with E-state index in [1.807, 2.05) is 11.4 Å². The molecule has 16 heavy (non-hydrogen) atoms. The fourth-order valence-corrected chi connectivity index (χ4v) is 2.05. The van der Waals surface area contributed by atoms with Crippen LogP contribution in [0.4, 0.5) is 0 Å². The van der Waals surface area contributed by atoms with E-state index in [9.17, 15) is 4.79 Å². The molecule has 86 valence electrons. The normalized spacial score (nSPS) is 9.38. The van der Waals surface area contributed by atoms with Gasteiger partial charge in [0.25, 0.3) is 0 Å². The molecule has 0 aliphatic carbocycles. The van der Waals surface area contributed by atoms with Gasteiger partial charge in [-0.3, -0.25) is 0 Å². The van der Waals surface area contributed by atoms with E-state index in [-0.39, 0.29) is 5.97 Å². The second-order valence-corrected chi connectivity index (χ2v) is 4.33. The second kappa shape index (κ2) is 7.08. The first-order valence-corrected chi connectivity index (χ1v) is 6.32. The minimum atomic E-state index is -0.298. The van der Waals surface area contributed by atoms with E-state index in [0.717, 1.165) is 18.4 Å². The van der Waals surface area contributed by atoms with Gasteiger partial charge in [0, 0.05) is 12.0 Å². The molecular formula is C13H16O2S. The molecule has 0 atom stereocenters. The Morgan fingerprint density at radius 2 is 2.31 bits per heavy atom. The molecule has 0 radical (unpaired) electrons. The van der Waals surface area contributed by atoms with E-state index in [1.54, 1.807) is 0 Å². The van der Waals surface area contributed by atoms with E-state index in [0.29, 0.717) is 4.88 Å². The Morgan fingerprint density at radius 1 is 1.50 bits per heavy atom. The average molecular weight is 236 g/mol. The van der Waals surface area contributed by atoms with Crippen LogP contribution in [0.15, 0.2) is 11.4 Å². The third kappa shape index (κ3) is 3.71. The van der Waals surface area contributed by atoms with Crippen LogP contribution in [0.1, 0.15) is 47.8 Å². The van der Waals surface area contributed by atoms with Crippen molar-refractivity contribution in [3.8, 4) is 11.8 Å². The lowest BCUT2D eigenvalue weighted by molar-refractivity contribution is 0.0606. The molecule has 0 saturated carbocycles. The number of ether oxygens (including phenoxy) is 1. The van der Waals surface area contributed by atoms with Crippen LogP contribution in [0.3, 0.4) is 0 Å². The molecule has 1 heterocycles. The Bertz CT molecular complexity index is 396. The molecule has 0 aromatic carbocycles. The van der Waals surface area contributed by atoms with Crippen LogP contribution in [0, 0.1) is 11.8 Å². The van der Waals surface area contributed by atoms with Crippen molar-refractivity contribution in [3.05, 3.63) is 21.9 Å². The van der Waals surface area contributed by atoms with E-state index >= 15 is 0 Å². The highest BCUT2D eigenvalue weighted by atomic mass is 32.1. The van der Waals surface area contributed by atoms with Gasteiger partial charge in [-0.15, -0.1) is 11.3 Å². The quantitative estimate of drug-likeness (QED) is 0.454. The van der Waals surface area contributed by atoms with Crippen molar-refractivity contribution < 1.29 is 9.53 Å². The molecule has 1 rings (SSSR count). The highest BCUT2D eigenvalue weighted by molar-refractivity contribution is 7.12. The van der Waals surface area contributed by atoms with Crippen molar-refractivity contribution in [1.82, 2.24) is 0 Å². The van der Waals surface area contributed by atoms with Gasteiger partial charge in [0.1, 0.15) is 4.88 Å². The summed E-state index contributed by atoms with van der Waals surface area (Å²) in [6.45, 7) is 2.17. The number of methoxy groups -OCH3 is 1. The average Bonchev–Trinajstić information content (AvgIpc) is 2.76. The van der Waals surface area contributed by atoms with Gasteiger partial charge in [-0.1, -0.05) is 31.6 Å². The second-order valence-electron chi connectivity index (χ2n) is 3.41.